The largest absolute Gasteiger partial charge is 0.492 e. The fourth-order valence-corrected chi connectivity index (χ4v) is 6.93. The van der Waals surface area contributed by atoms with Gasteiger partial charge in [-0.05, 0) is 54.3 Å². The van der Waals surface area contributed by atoms with Crippen LogP contribution in [0.15, 0.2) is 71.9 Å². The number of aliphatic hydroxyl groups excluding tert-OH is 3. The highest BCUT2D eigenvalue weighted by molar-refractivity contribution is 7.89. The third kappa shape index (κ3) is 6.60. The summed E-state index contributed by atoms with van der Waals surface area (Å²) in [6.07, 6.45) is 0.975. The second kappa shape index (κ2) is 11.5. The zero-order chi connectivity index (χ0) is 27.6. The van der Waals surface area contributed by atoms with Crippen LogP contribution in [0.25, 0.3) is 11.1 Å². The average Bonchev–Trinajstić information content (AvgIpc) is 3.19. The van der Waals surface area contributed by atoms with Crippen LogP contribution in [0, 0.1) is 5.41 Å². The molecule has 0 saturated heterocycles. The highest BCUT2D eigenvalue weighted by atomic mass is 35.5. The van der Waals surface area contributed by atoms with Gasteiger partial charge in [0.05, 0.1) is 24.9 Å². The van der Waals surface area contributed by atoms with E-state index in [0.29, 0.717) is 18.1 Å². The van der Waals surface area contributed by atoms with Crippen LogP contribution in [-0.2, 0) is 16.6 Å². The number of aromatic nitrogens is 1. The molecule has 39 heavy (non-hydrogen) atoms. The minimum atomic E-state index is -4.03. The van der Waals surface area contributed by atoms with Crippen LogP contribution in [0.5, 0.6) is 5.75 Å². The molecule has 1 aromatic heterocycles. The number of pyridine rings is 1. The first kappa shape index (κ1) is 28.0. The lowest BCUT2D eigenvalue weighted by atomic mass is 9.85. The number of β-amino-alcohol motifs (C(OH)–C–C–N with tert-alkyl or cyclic N) is 1. The third-order valence-corrected chi connectivity index (χ3v) is 9.02. The van der Waals surface area contributed by atoms with Gasteiger partial charge in [-0.1, -0.05) is 35.9 Å². The molecule has 1 aliphatic carbocycles. The van der Waals surface area contributed by atoms with E-state index < -0.39 is 33.8 Å². The summed E-state index contributed by atoms with van der Waals surface area (Å²) in [4.78, 5) is 6.09. The molecule has 4 atom stereocenters. The number of hydrogen-bond acceptors (Lipinski definition) is 8. The number of fused-ring (bicyclic) bond motifs is 1. The average molecular weight is 574 g/mol. The normalized spacial score (nSPS) is 27.7. The van der Waals surface area contributed by atoms with E-state index in [0.717, 1.165) is 16.7 Å². The summed E-state index contributed by atoms with van der Waals surface area (Å²) in [5.74, 6) is 0.149. The zero-order valence-corrected chi connectivity index (χ0v) is 22.9. The maximum Gasteiger partial charge on any atom is 0.244 e. The van der Waals surface area contributed by atoms with Gasteiger partial charge in [0.2, 0.25) is 10.0 Å². The second-order valence-corrected chi connectivity index (χ2v) is 12.7. The Labute approximate surface area is 233 Å². The Bertz CT molecular complexity index is 1400. The summed E-state index contributed by atoms with van der Waals surface area (Å²) in [7, 11) is -4.03. The Morgan fingerprint density at radius 2 is 1.85 bits per heavy atom. The Kier molecular flexibility index (Phi) is 8.25. The Balaban J connectivity index is 1.53. The van der Waals surface area contributed by atoms with E-state index in [4.69, 9.17) is 16.3 Å². The predicted molar refractivity (Wildman–Crippen MR) is 147 cm³/mol. The zero-order valence-electron chi connectivity index (χ0n) is 21.3. The number of aliphatic hydroxyl groups is 3. The van der Waals surface area contributed by atoms with Crippen LogP contribution in [0.2, 0.25) is 5.02 Å². The van der Waals surface area contributed by atoms with Crippen molar-refractivity contribution >= 4 is 21.6 Å². The lowest BCUT2D eigenvalue weighted by molar-refractivity contribution is 0.0427. The minimum Gasteiger partial charge on any atom is -0.492 e. The van der Waals surface area contributed by atoms with Crippen molar-refractivity contribution in [2.45, 2.75) is 42.6 Å². The SMILES string of the molecule is O=S1(=O)NC[C@H](O)CN(Cc2cccc(Cl)c2)CC2(COc3cc(-c4cccnc4)ccc31)C[C@@H](O)[C@@H](O)C2. The molecule has 1 fully saturated rings. The van der Waals surface area contributed by atoms with E-state index in [-0.39, 0.29) is 43.2 Å². The topological polar surface area (TPSA) is 132 Å². The van der Waals surface area contributed by atoms with Crippen molar-refractivity contribution in [2.24, 2.45) is 5.41 Å². The van der Waals surface area contributed by atoms with Crippen molar-refractivity contribution in [3.05, 3.63) is 77.6 Å². The van der Waals surface area contributed by atoms with E-state index in [2.05, 4.69) is 9.71 Å². The summed E-state index contributed by atoms with van der Waals surface area (Å²) < 4.78 is 35.4. The van der Waals surface area contributed by atoms with Crippen LogP contribution < -0.4 is 9.46 Å². The summed E-state index contributed by atoms with van der Waals surface area (Å²) >= 11 is 6.20. The van der Waals surface area contributed by atoms with Gasteiger partial charge < -0.3 is 20.1 Å². The van der Waals surface area contributed by atoms with E-state index in [1.165, 1.54) is 6.07 Å². The van der Waals surface area contributed by atoms with Crippen molar-refractivity contribution < 1.29 is 28.5 Å². The molecule has 1 unspecified atom stereocenters. The van der Waals surface area contributed by atoms with Crippen molar-refractivity contribution in [1.82, 2.24) is 14.6 Å². The summed E-state index contributed by atoms with van der Waals surface area (Å²) in [5, 5.41) is 32.5. The summed E-state index contributed by atoms with van der Waals surface area (Å²) in [6.45, 7) is 0.851. The van der Waals surface area contributed by atoms with Crippen LogP contribution in [0.1, 0.15) is 18.4 Å². The number of hydrogen-bond donors (Lipinski definition) is 4. The minimum absolute atomic E-state index is 0.0482. The number of sulfonamides is 1. The number of nitrogens with zero attached hydrogens (tertiary/aromatic N) is 2. The molecule has 0 amide bonds. The van der Waals surface area contributed by atoms with Crippen molar-refractivity contribution in [3.63, 3.8) is 0 Å². The number of benzene rings is 2. The number of nitrogens with one attached hydrogen (secondary N) is 1. The molecule has 1 saturated carbocycles. The van der Waals surface area contributed by atoms with Crippen LogP contribution in [0.3, 0.4) is 0 Å². The standard InChI is InChI=1S/C28H32ClN3O6S/c29-22-5-1-3-19(9-22)15-32-16-23(33)14-31-39(36,37)27-7-6-20(21-4-2-8-30-13-21)10-26(27)38-18-28(17-32)11-24(34)25(35)12-28/h1-10,13,23-25,31,33-35H,11-12,14-18H2/t23-,24-,25+,28?/m0/s1. The Morgan fingerprint density at radius 1 is 1.05 bits per heavy atom. The van der Waals surface area contributed by atoms with Crippen molar-refractivity contribution in [2.75, 3.05) is 26.2 Å². The first-order chi connectivity index (χ1) is 18.6. The molecule has 4 N–H and O–H groups in total. The Hall–Kier alpha value is -2.57. The molecule has 2 heterocycles. The molecule has 2 aromatic carbocycles. The maximum atomic E-state index is 13.3. The molecular formula is C28H32ClN3O6S. The van der Waals surface area contributed by atoms with Crippen molar-refractivity contribution in [3.8, 4) is 16.9 Å². The third-order valence-electron chi connectivity index (χ3n) is 7.32. The van der Waals surface area contributed by atoms with Gasteiger partial charge in [0.25, 0.3) is 0 Å². The predicted octanol–water partition coefficient (Wildman–Crippen LogP) is 2.44. The maximum absolute atomic E-state index is 13.3. The first-order valence-corrected chi connectivity index (χ1v) is 14.7. The van der Waals surface area contributed by atoms with Crippen molar-refractivity contribution in [1.29, 1.82) is 0 Å². The van der Waals surface area contributed by atoms with E-state index in [9.17, 15) is 23.7 Å². The molecule has 9 nitrogen and oxygen atoms in total. The molecule has 3 aromatic rings. The fraction of sp³-hybridized carbons (Fsp3) is 0.393. The monoisotopic (exact) mass is 573 g/mol. The fourth-order valence-electron chi connectivity index (χ4n) is 5.52. The molecule has 208 valence electrons. The molecule has 0 radical (unpaired) electrons. The molecule has 1 aliphatic heterocycles. The van der Waals surface area contributed by atoms with Gasteiger partial charge in [0.15, 0.2) is 0 Å². The lowest BCUT2D eigenvalue weighted by Crippen LogP contribution is -2.46. The number of halogens is 1. The van der Waals surface area contributed by atoms with Gasteiger partial charge in [-0.15, -0.1) is 0 Å². The lowest BCUT2D eigenvalue weighted by Gasteiger charge is -2.37. The molecule has 1 spiro atoms. The van der Waals surface area contributed by atoms with Crippen LogP contribution in [-0.4, -0.2) is 78.2 Å². The molecule has 0 bridgehead atoms. The molecule has 11 heteroatoms. The highest BCUT2D eigenvalue weighted by Gasteiger charge is 2.46. The Morgan fingerprint density at radius 3 is 2.56 bits per heavy atom. The van der Waals surface area contributed by atoms with Gasteiger partial charge in [-0.25, -0.2) is 13.1 Å². The van der Waals surface area contributed by atoms with E-state index in [1.807, 2.05) is 29.2 Å². The number of ether oxygens (including phenoxy) is 1. The van der Waals surface area contributed by atoms with Gasteiger partial charge in [0.1, 0.15) is 10.6 Å². The van der Waals surface area contributed by atoms with Crippen LogP contribution in [0.4, 0.5) is 0 Å². The van der Waals surface area contributed by atoms with Gasteiger partial charge in [-0.2, -0.15) is 0 Å². The molecule has 2 aliphatic rings. The van der Waals surface area contributed by atoms with Gasteiger partial charge in [-0.3, -0.25) is 9.88 Å². The molecule has 5 rings (SSSR count). The summed E-state index contributed by atoms with van der Waals surface area (Å²) in [5.41, 5.74) is 1.75. The van der Waals surface area contributed by atoms with E-state index >= 15 is 0 Å². The number of rotatable bonds is 3. The smallest absolute Gasteiger partial charge is 0.244 e. The molecular weight excluding hydrogens is 542 g/mol. The summed E-state index contributed by atoms with van der Waals surface area (Å²) in [6, 6.07) is 15.9. The van der Waals surface area contributed by atoms with Gasteiger partial charge >= 0.3 is 0 Å². The quantitative estimate of drug-likeness (QED) is 0.376. The highest BCUT2D eigenvalue weighted by Crippen LogP contribution is 2.41. The first-order valence-electron chi connectivity index (χ1n) is 12.8. The van der Waals surface area contributed by atoms with E-state index in [1.54, 1.807) is 36.7 Å². The van der Waals surface area contributed by atoms with Gasteiger partial charge in [0, 0.05) is 54.6 Å². The van der Waals surface area contributed by atoms with Crippen LogP contribution >= 0.6 is 11.6 Å². The second-order valence-electron chi connectivity index (χ2n) is 10.5.